The van der Waals surface area contributed by atoms with Gasteiger partial charge in [0, 0.05) is 18.3 Å². The molecule has 0 atom stereocenters. The largest absolute Gasteiger partial charge is 0.395 e. The van der Waals surface area contributed by atoms with E-state index in [1.165, 1.54) is 12.1 Å². The Morgan fingerprint density at radius 2 is 2.29 bits per heavy atom. The molecule has 8 heteroatoms. The van der Waals surface area contributed by atoms with E-state index in [1.807, 2.05) is 0 Å². The highest BCUT2D eigenvalue weighted by Gasteiger charge is 2.14. The molecule has 0 saturated carbocycles. The van der Waals surface area contributed by atoms with Gasteiger partial charge in [0.15, 0.2) is 5.11 Å². The summed E-state index contributed by atoms with van der Waals surface area (Å²) in [4.78, 5) is 10.3. The van der Waals surface area contributed by atoms with Gasteiger partial charge in [-0.15, -0.1) is 0 Å². The molecule has 0 fully saturated rings. The third-order valence-corrected chi connectivity index (χ3v) is 1.99. The molecule has 0 spiro atoms. The lowest BCUT2D eigenvalue weighted by molar-refractivity contribution is -0.383. The van der Waals surface area contributed by atoms with Crippen molar-refractivity contribution in [3.63, 3.8) is 0 Å². The Morgan fingerprint density at radius 1 is 1.59 bits per heavy atom. The Balaban J connectivity index is 2.99. The van der Waals surface area contributed by atoms with Crippen LogP contribution in [0, 0.1) is 10.1 Å². The SMILES string of the molecule is NC(=S)Nc1ccc(NCCO)c([N+](=O)[O-])c1. The zero-order chi connectivity index (χ0) is 12.8. The number of benzene rings is 1. The number of hydrogen-bond acceptors (Lipinski definition) is 5. The van der Waals surface area contributed by atoms with Gasteiger partial charge >= 0.3 is 0 Å². The third-order valence-electron chi connectivity index (χ3n) is 1.89. The number of aliphatic hydroxyl groups is 1. The Labute approximate surface area is 103 Å². The maximum Gasteiger partial charge on any atom is 0.294 e. The van der Waals surface area contributed by atoms with Crippen LogP contribution in [0.3, 0.4) is 0 Å². The molecule has 0 aliphatic heterocycles. The van der Waals surface area contributed by atoms with Gasteiger partial charge in [-0.05, 0) is 24.4 Å². The van der Waals surface area contributed by atoms with Crippen LogP contribution >= 0.6 is 12.2 Å². The molecule has 5 N–H and O–H groups in total. The van der Waals surface area contributed by atoms with E-state index >= 15 is 0 Å². The zero-order valence-corrected chi connectivity index (χ0v) is 9.66. The standard InChI is InChI=1S/C9H12N4O3S/c10-9(17)12-6-1-2-7(11-3-4-14)8(5-6)13(15)16/h1-2,5,11,14H,3-4H2,(H3,10,12,17). The van der Waals surface area contributed by atoms with Crippen molar-refractivity contribution in [1.82, 2.24) is 0 Å². The van der Waals surface area contributed by atoms with Gasteiger partial charge in [-0.25, -0.2) is 0 Å². The third kappa shape index (κ3) is 3.85. The fourth-order valence-electron chi connectivity index (χ4n) is 1.24. The van der Waals surface area contributed by atoms with E-state index in [2.05, 4.69) is 22.9 Å². The van der Waals surface area contributed by atoms with Crippen LogP contribution in [-0.4, -0.2) is 28.3 Å². The Kier molecular flexibility index (Phi) is 4.61. The van der Waals surface area contributed by atoms with Gasteiger partial charge < -0.3 is 21.5 Å². The summed E-state index contributed by atoms with van der Waals surface area (Å²) in [6.45, 7) is 0.132. The zero-order valence-electron chi connectivity index (χ0n) is 8.84. The number of aliphatic hydroxyl groups excluding tert-OH is 1. The minimum absolute atomic E-state index is 0.0374. The molecule has 0 bridgehead atoms. The van der Waals surface area contributed by atoms with Crippen molar-refractivity contribution in [2.75, 3.05) is 23.8 Å². The first-order valence-corrected chi connectivity index (χ1v) is 5.15. The molecule has 92 valence electrons. The molecule has 7 nitrogen and oxygen atoms in total. The summed E-state index contributed by atoms with van der Waals surface area (Å²) < 4.78 is 0. The highest BCUT2D eigenvalue weighted by atomic mass is 32.1. The van der Waals surface area contributed by atoms with Crippen molar-refractivity contribution in [2.24, 2.45) is 5.73 Å². The number of hydrogen-bond donors (Lipinski definition) is 4. The van der Waals surface area contributed by atoms with Crippen LogP contribution in [0.15, 0.2) is 18.2 Å². The van der Waals surface area contributed by atoms with Crippen LogP contribution in [0.2, 0.25) is 0 Å². The summed E-state index contributed by atoms with van der Waals surface area (Å²) in [5.74, 6) is 0. The van der Waals surface area contributed by atoms with E-state index in [4.69, 9.17) is 10.8 Å². The van der Waals surface area contributed by atoms with Crippen LogP contribution in [-0.2, 0) is 0 Å². The average Bonchev–Trinajstić information content (AvgIpc) is 2.26. The fraction of sp³-hybridized carbons (Fsp3) is 0.222. The number of nitrogens with two attached hydrogens (primary N) is 1. The van der Waals surface area contributed by atoms with Gasteiger partial charge in [0.25, 0.3) is 5.69 Å². The molecular weight excluding hydrogens is 244 g/mol. The van der Waals surface area contributed by atoms with E-state index in [-0.39, 0.29) is 24.0 Å². The summed E-state index contributed by atoms with van der Waals surface area (Å²) in [7, 11) is 0. The second-order valence-corrected chi connectivity index (χ2v) is 3.57. The number of thiocarbonyl (C=S) groups is 1. The lowest BCUT2D eigenvalue weighted by atomic mass is 10.2. The number of nitrogens with one attached hydrogen (secondary N) is 2. The summed E-state index contributed by atoms with van der Waals surface area (Å²) >= 11 is 4.64. The molecule has 17 heavy (non-hydrogen) atoms. The first-order valence-electron chi connectivity index (χ1n) is 4.74. The van der Waals surface area contributed by atoms with Crippen molar-refractivity contribution < 1.29 is 10.0 Å². The minimum Gasteiger partial charge on any atom is -0.395 e. The molecular formula is C9H12N4O3S. The van der Waals surface area contributed by atoms with E-state index in [1.54, 1.807) is 6.07 Å². The van der Waals surface area contributed by atoms with Crippen molar-refractivity contribution in [2.45, 2.75) is 0 Å². The molecule has 0 aliphatic rings. The van der Waals surface area contributed by atoms with E-state index in [0.717, 1.165) is 0 Å². The normalized spacial score (nSPS) is 9.71. The van der Waals surface area contributed by atoms with Gasteiger partial charge in [-0.2, -0.15) is 0 Å². The second-order valence-electron chi connectivity index (χ2n) is 3.13. The molecule has 0 unspecified atom stereocenters. The quantitative estimate of drug-likeness (QED) is 0.347. The molecule has 0 heterocycles. The fourth-order valence-corrected chi connectivity index (χ4v) is 1.36. The van der Waals surface area contributed by atoms with Crippen LogP contribution in [0.1, 0.15) is 0 Å². The molecule has 0 aliphatic carbocycles. The predicted octanol–water partition coefficient (Wildman–Crippen LogP) is 0.654. The smallest absolute Gasteiger partial charge is 0.294 e. The topological polar surface area (TPSA) is 113 Å². The van der Waals surface area contributed by atoms with Crippen molar-refractivity contribution >= 4 is 34.4 Å². The second kappa shape index (κ2) is 5.97. The van der Waals surface area contributed by atoms with Gasteiger partial charge in [-0.1, -0.05) is 0 Å². The summed E-state index contributed by atoms with van der Waals surface area (Å²) in [5.41, 5.74) is 5.93. The molecule has 0 saturated heterocycles. The lowest BCUT2D eigenvalue weighted by Crippen LogP contribution is -2.19. The highest BCUT2D eigenvalue weighted by molar-refractivity contribution is 7.80. The Morgan fingerprint density at radius 3 is 2.82 bits per heavy atom. The van der Waals surface area contributed by atoms with Gasteiger partial charge in [0.1, 0.15) is 5.69 Å². The van der Waals surface area contributed by atoms with E-state index in [9.17, 15) is 10.1 Å². The first kappa shape index (κ1) is 13.1. The predicted molar refractivity (Wildman–Crippen MR) is 69.1 cm³/mol. The minimum atomic E-state index is -0.523. The van der Waals surface area contributed by atoms with Crippen LogP contribution in [0.5, 0.6) is 0 Å². The Bertz CT molecular complexity index is 438. The first-order chi connectivity index (χ1) is 8.04. The average molecular weight is 256 g/mol. The van der Waals surface area contributed by atoms with Crippen molar-refractivity contribution in [3.05, 3.63) is 28.3 Å². The highest BCUT2D eigenvalue weighted by Crippen LogP contribution is 2.27. The Hall–Kier alpha value is -1.93. The molecule has 0 amide bonds. The summed E-state index contributed by atoms with van der Waals surface area (Å²) in [6.07, 6.45) is 0. The number of anilines is 2. The summed E-state index contributed by atoms with van der Waals surface area (Å²) in [5, 5.41) is 24.9. The van der Waals surface area contributed by atoms with Gasteiger partial charge in [-0.3, -0.25) is 10.1 Å². The number of nitro groups is 1. The number of rotatable bonds is 5. The van der Waals surface area contributed by atoms with Crippen LogP contribution < -0.4 is 16.4 Å². The molecule has 1 aromatic carbocycles. The monoisotopic (exact) mass is 256 g/mol. The van der Waals surface area contributed by atoms with E-state index in [0.29, 0.717) is 11.4 Å². The number of nitro benzene ring substituents is 1. The molecule has 1 aromatic rings. The van der Waals surface area contributed by atoms with Crippen molar-refractivity contribution in [3.8, 4) is 0 Å². The van der Waals surface area contributed by atoms with Gasteiger partial charge in [0.2, 0.25) is 0 Å². The number of nitrogens with zero attached hydrogens (tertiary/aromatic N) is 1. The van der Waals surface area contributed by atoms with Crippen molar-refractivity contribution in [1.29, 1.82) is 0 Å². The van der Waals surface area contributed by atoms with Crippen LogP contribution in [0.4, 0.5) is 17.1 Å². The van der Waals surface area contributed by atoms with Gasteiger partial charge in [0.05, 0.1) is 11.5 Å². The molecule has 1 rings (SSSR count). The molecule has 0 radical (unpaired) electrons. The lowest BCUT2D eigenvalue weighted by Gasteiger charge is -2.08. The van der Waals surface area contributed by atoms with Crippen LogP contribution in [0.25, 0.3) is 0 Å². The summed E-state index contributed by atoms with van der Waals surface area (Å²) in [6, 6.07) is 4.44. The van der Waals surface area contributed by atoms with E-state index < -0.39 is 4.92 Å². The maximum absolute atomic E-state index is 10.8. The molecule has 0 aromatic heterocycles. The maximum atomic E-state index is 10.8.